The third kappa shape index (κ3) is 4.66. The third-order valence-electron chi connectivity index (χ3n) is 3.33. The van der Waals surface area contributed by atoms with E-state index in [-0.39, 0.29) is 36.7 Å². The molecular formula is C15H9F7NNaO3. The second kappa shape index (κ2) is 8.36. The number of carbonyl (C=O) groups is 1. The summed E-state index contributed by atoms with van der Waals surface area (Å²) >= 11 is 0. The van der Waals surface area contributed by atoms with E-state index in [0.717, 1.165) is 18.2 Å². The first kappa shape index (κ1) is 23.1. The number of phenols is 1. The van der Waals surface area contributed by atoms with Crippen molar-refractivity contribution >= 4 is 11.7 Å². The fourth-order valence-electron chi connectivity index (χ4n) is 2.09. The van der Waals surface area contributed by atoms with Crippen LogP contribution in [-0.2, 0) is 12.7 Å². The van der Waals surface area contributed by atoms with Crippen LogP contribution in [0.2, 0.25) is 0 Å². The van der Waals surface area contributed by atoms with Crippen molar-refractivity contribution in [1.29, 1.82) is 0 Å². The van der Waals surface area contributed by atoms with Gasteiger partial charge < -0.3 is 17.0 Å². The number of hydrogen-bond acceptors (Lipinski definition) is 3. The number of anilines is 1. The molecule has 12 heteroatoms. The van der Waals surface area contributed by atoms with Gasteiger partial charge in [0.1, 0.15) is 16.9 Å². The minimum Gasteiger partial charge on any atom is -1.00 e. The smallest absolute Gasteiger partial charge is 1.00 e. The molecule has 0 fully saturated rings. The van der Waals surface area contributed by atoms with Gasteiger partial charge in [-0.2, -0.15) is 13.2 Å². The zero-order valence-electron chi connectivity index (χ0n) is 14.4. The zero-order valence-corrected chi connectivity index (χ0v) is 15.4. The summed E-state index contributed by atoms with van der Waals surface area (Å²) in [6.07, 6.45) is -5.64. The fourth-order valence-corrected chi connectivity index (χ4v) is 2.09. The van der Waals surface area contributed by atoms with E-state index >= 15 is 0 Å². The molecule has 0 aliphatic carbocycles. The largest absolute Gasteiger partial charge is 1.00 e. The molecule has 0 aliphatic heterocycles. The number of rotatable bonds is 4. The second-order valence-corrected chi connectivity index (χ2v) is 5.00. The van der Waals surface area contributed by atoms with Crippen molar-refractivity contribution in [3.8, 4) is 5.75 Å². The standard InChI is InChI=1S/C15H8F7NO3.Na.H/c16-10-7(11(17)13(19)9(12(10)18)15(20,21)22)4-23-5-1-2-8(24)6(3-5)14(25)26;;/h1-3,23-24H,4H2,(H,25,26);;/q;+1;-1. The Morgan fingerprint density at radius 2 is 1.56 bits per heavy atom. The molecule has 142 valence electrons. The first-order valence-corrected chi connectivity index (χ1v) is 6.67. The Balaban J connectivity index is 0.00000364. The SMILES string of the molecule is O=C(O)c1cc(NCc2c(F)c(F)c(C(F)(F)F)c(F)c2F)ccc1O.[H-].[Na+]. The van der Waals surface area contributed by atoms with Gasteiger partial charge in [-0.3, -0.25) is 0 Å². The first-order valence-electron chi connectivity index (χ1n) is 6.67. The van der Waals surface area contributed by atoms with Crippen LogP contribution in [0, 0.1) is 23.3 Å². The van der Waals surface area contributed by atoms with Crippen molar-refractivity contribution < 1.29 is 76.7 Å². The number of alkyl halides is 3. The van der Waals surface area contributed by atoms with Crippen LogP contribution >= 0.6 is 0 Å². The second-order valence-electron chi connectivity index (χ2n) is 5.00. The fraction of sp³-hybridized carbons (Fsp3) is 0.133. The van der Waals surface area contributed by atoms with Crippen LogP contribution in [-0.4, -0.2) is 16.2 Å². The maximum Gasteiger partial charge on any atom is 1.00 e. The Morgan fingerprint density at radius 1 is 1.04 bits per heavy atom. The van der Waals surface area contributed by atoms with E-state index in [1.54, 1.807) is 0 Å². The monoisotopic (exact) mass is 407 g/mol. The molecule has 0 heterocycles. The van der Waals surface area contributed by atoms with E-state index in [1.807, 2.05) is 0 Å². The predicted octanol–water partition coefficient (Wildman–Crippen LogP) is 1.39. The minimum absolute atomic E-state index is 0. The summed E-state index contributed by atoms with van der Waals surface area (Å²) in [5.74, 6) is -11.8. The van der Waals surface area contributed by atoms with E-state index in [1.165, 1.54) is 0 Å². The summed E-state index contributed by atoms with van der Waals surface area (Å²) in [5.41, 5.74) is -4.74. The molecule has 0 radical (unpaired) electrons. The van der Waals surface area contributed by atoms with Gasteiger partial charge in [0.05, 0.1) is 0 Å². The van der Waals surface area contributed by atoms with E-state index < -0.39 is 64.4 Å². The molecule has 3 N–H and O–H groups in total. The molecule has 0 bridgehead atoms. The van der Waals surface area contributed by atoms with Crippen molar-refractivity contribution in [2.45, 2.75) is 12.7 Å². The molecule has 0 atom stereocenters. The summed E-state index contributed by atoms with van der Waals surface area (Å²) in [7, 11) is 0. The summed E-state index contributed by atoms with van der Waals surface area (Å²) in [6, 6.07) is 2.85. The van der Waals surface area contributed by atoms with Gasteiger partial charge >= 0.3 is 41.7 Å². The summed E-state index contributed by atoms with van der Waals surface area (Å²) in [4.78, 5) is 10.9. The normalized spacial score (nSPS) is 11.1. The van der Waals surface area contributed by atoms with E-state index in [4.69, 9.17) is 5.11 Å². The molecule has 2 aromatic rings. The number of hydrogen-bond donors (Lipinski definition) is 3. The molecule has 0 spiro atoms. The molecule has 0 aromatic heterocycles. The average Bonchev–Trinajstić information content (AvgIpc) is 2.53. The quantitative estimate of drug-likeness (QED) is 0.310. The molecule has 0 saturated heterocycles. The van der Waals surface area contributed by atoms with Gasteiger partial charge in [0.15, 0.2) is 23.3 Å². The Labute approximate surface area is 170 Å². The van der Waals surface area contributed by atoms with Gasteiger partial charge in [-0.25, -0.2) is 22.4 Å². The number of halogens is 7. The van der Waals surface area contributed by atoms with Crippen LogP contribution in [0.4, 0.5) is 36.4 Å². The summed E-state index contributed by atoms with van der Waals surface area (Å²) in [5, 5.41) is 20.4. The number of carboxylic acids is 1. The van der Waals surface area contributed by atoms with Crippen LogP contribution in [0.3, 0.4) is 0 Å². The molecule has 2 aromatic carbocycles. The number of nitrogens with one attached hydrogen (secondary N) is 1. The minimum atomic E-state index is -5.64. The van der Waals surface area contributed by atoms with E-state index in [9.17, 15) is 40.6 Å². The molecule has 0 aliphatic rings. The van der Waals surface area contributed by atoms with Crippen LogP contribution < -0.4 is 34.9 Å². The van der Waals surface area contributed by atoms with Crippen LogP contribution in [0.5, 0.6) is 5.75 Å². The molecule has 0 amide bonds. The van der Waals surface area contributed by atoms with Crippen molar-refractivity contribution in [3.05, 3.63) is 58.2 Å². The molecule has 27 heavy (non-hydrogen) atoms. The molecular weight excluding hydrogens is 398 g/mol. The summed E-state index contributed by atoms with van der Waals surface area (Å²) in [6.45, 7) is -0.993. The molecule has 4 nitrogen and oxygen atoms in total. The van der Waals surface area contributed by atoms with Gasteiger partial charge in [-0.1, -0.05) is 0 Å². The predicted molar refractivity (Wildman–Crippen MR) is 74.8 cm³/mol. The average molecular weight is 407 g/mol. The molecule has 0 saturated carbocycles. The van der Waals surface area contributed by atoms with Gasteiger partial charge in [0.2, 0.25) is 0 Å². The number of carboxylic acid groups (broad SMARTS) is 1. The first-order chi connectivity index (χ1) is 11.9. The van der Waals surface area contributed by atoms with Crippen LogP contribution in [0.1, 0.15) is 22.9 Å². The van der Waals surface area contributed by atoms with Crippen molar-refractivity contribution in [1.82, 2.24) is 0 Å². The van der Waals surface area contributed by atoms with Crippen LogP contribution in [0.15, 0.2) is 18.2 Å². The molecule has 2 rings (SSSR count). The number of aromatic carboxylic acids is 1. The van der Waals surface area contributed by atoms with Gasteiger partial charge in [-0.05, 0) is 18.2 Å². The van der Waals surface area contributed by atoms with Gasteiger partial charge in [-0.15, -0.1) is 0 Å². The topological polar surface area (TPSA) is 69.6 Å². The number of benzene rings is 2. The Morgan fingerprint density at radius 3 is 2.00 bits per heavy atom. The Kier molecular flexibility index (Phi) is 7.14. The zero-order chi connectivity index (χ0) is 19.8. The van der Waals surface area contributed by atoms with E-state index in [2.05, 4.69) is 5.32 Å². The Bertz CT molecular complexity index is 864. The Hall–Kier alpha value is -1.98. The van der Waals surface area contributed by atoms with Crippen molar-refractivity contribution in [3.63, 3.8) is 0 Å². The third-order valence-corrected chi connectivity index (χ3v) is 3.33. The van der Waals surface area contributed by atoms with Gasteiger partial charge in [0.25, 0.3) is 0 Å². The van der Waals surface area contributed by atoms with Crippen molar-refractivity contribution in [2.24, 2.45) is 0 Å². The maximum atomic E-state index is 13.8. The molecule has 0 unspecified atom stereocenters. The number of aromatic hydroxyl groups is 1. The van der Waals surface area contributed by atoms with E-state index in [0.29, 0.717) is 0 Å². The maximum absolute atomic E-state index is 13.8. The van der Waals surface area contributed by atoms with Crippen molar-refractivity contribution in [2.75, 3.05) is 5.32 Å². The summed E-state index contributed by atoms with van der Waals surface area (Å²) < 4.78 is 92.0. The van der Waals surface area contributed by atoms with Gasteiger partial charge in [0, 0.05) is 17.8 Å². The van der Waals surface area contributed by atoms with Crippen LogP contribution in [0.25, 0.3) is 0 Å².